The molecule has 1 amide bonds. The maximum absolute atomic E-state index is 13.5. The molecule has 2 N–H and O–H groups in total. The largest absolute Gasteiger partial charge is 0.367 e. The molecule has 0 atom stereocenters. The van der Waals surface area contributed by atoms with Crippen LogP contribution >= 0.6 is 15.9 Å². The van der Waals surface area contributed by atoms with E-state index in [-0.39, 0.29) is 5.56 Å². The topological polar surface area (TPSA) is 44.9 Å². The molecule has 1 heterocycles. The molecule has 0 bridgehead atoms. The molecule has 1 aromatic heterocycles. The van der Waals surface area contributed by atoms with E-state index in [1.165, 1.54) is 6.07 Å². The second-order valence-electron chi connectivity index (χ2n) is 3.50. The molecule has 0 saturated carbocycles. The Morgan fingerprint density at radius 3 is 2.88 bits per heavy atom. The third kappa shape index (κ3) is 2.74. The van der Waals surface area contributed by atoms with Gasteiger partial charge < -0.3 is 10.3 Å². The average Bonchev–Trinajstić information content (AvgIpc) is 2.79. The summed E-state index contributed by atoms with van der Waals surface area (Å²) in [7, 11) is 0. The number of carbonyl (C=O) groups excluding carboxylic acids is 1. The molecule has 0 aliphatic carbocycles. The van der Waals surface area contributed by atoms with E-state index in [9.17, 15) is 9.18 Å². The van der Waals surface area contributed by atoms with Gasteiger partial charge in [0.05, 0.1) is 5.56 Å². The van der Waals surface area contributed by atoms with Gasteiger partial charge in [0.1, 0.15) is 5.82 Å². The van der Waals surface area contributed by atoms with Gasteiger partial charge in [0.25, 0.3) is 5.91 Å². The lowest BCUT2D eigenvalue weighted by Gasteiger charge is -2.06. The second kappa shape index (κ2) is 5.14. The van der Waals surface area contributed by atoms with Crippen molar-refractivity contribution in [3.63, 3.8) is 0 Å². The van der Waals surface area contributed by atoms with Crippen molar-refractivity contribution in [3.8, 4) is 0 Å². The summed E-state index contributed by atoms with van der Waals surface area (Å²) in [5.74, 6) is -0.970. The second-order valence-corrected chi connectivity index (χ2v) is 4.35. The van der Waals surface area contributed by atoms with Crippen molar-refractivity contribution in [1.82, 2.24) is 10.3 Å². The minimum Gasteiger partial charge on any atom is -0.367 e. The SMILES string of the molecule is O=C(NCc1cc[nH]c1)c1c(F)cccc1Br. The van der Waals surface area contributed by atoms with Crippen LogP contribution in [0.2, 0.25) is 0 Å². The zero-order valence-corrected chi connectivity index (χ0v) is 10.4. The number of H-pyrrole nitrogens is 1. The summed E-state index contributed by atoms with van der Waals surface area (Å²) in [5, 5.41) is 2.65. The van der Waals surface area contributed by atoms with Crippen LogP contribution in [0.3, 0.4) is 0 Å². The van der Waals surface area contributed by atoms with Crippen molar-refractivity contribution in [2.24, 2.45) is 0 Å². The van der Waals surface area contributed by atoms with Crippen molar-refractivity contribution in [3.05, 3.63) is 58.1 Å². The van der Waals surface area contributed by atoms with Gasteiger partial charge in [-0.15, -0.1) is 0 Å². The quantitative estimate of drug-likeness (QED) is 0.899. The molecular weight excluding hydrogens is 287 g/mol. The van der Waals surface area contributed by atoms with E-state index < -0.39 is 11.7 Å². The zero-order valence-electron chi connectivity index (χ0n) is 8.84. The molecule has 0 unspecified atom stereocenters. The molecule has 1 aromatic carbocycles. The summed E-state index contributed by atoms with van der Waals surface area (Å²) in [5.41, 5.74) is 0.967. The van der Waals surface area contributed by atoms with Gasteiger partial charge in [-0.1, -0.05) is 6.07 Å². The Bertz CT molecular complexity index is 505. The number of benzene rings is 1. The normalized spacial score (nSPS) is 10.2. The Morgan fingerprint density at radius 2 is 2.24 bits per heavy atom. The van der Waals surface area contributed by atoms with Crippen LogP contribution in [0, 0.1) is 5.82 Å². The predicted octanol–water partition coefficient (Wildman–Crippen LogP) is 2.85. The monoisotopic (exact) mass is 296 g/mol. The van der Waals surface area contributed by atoms with Crippen molar-refractivity contribution in [1.29, 1.82) is 0 Å². The van der Waals surface area contributed by atoms with Gasteiger partial charge in [0.2, 0.25) is 0 Å². The Balaban J connectivity index is 2.10. The lowest BCUT2D eigenvalue weighted by molar-refractivity contribution is 0.0946. The van der Waals surface area contributed by atoms with E-state index >= 15 is 0 Å². The first-order valence-corrected chi connectivity index (χ1v) is 5.81. The van der Waals surface area contributed by atoms with E-state index in [0.29, 0.717) is 11.0 Å². The summed E-state index contributed by atoms with van der Waals surface area (Å²) >= 11 is 3.16. The number of nitrogens with one attached hydrogen (secondary N) is 2. The molecule has 0 aliphatic rings. The van der Waals surface area contributed by atoms with Crippen molar-refractivity contribution in [2.75, 3.05) is 0 Å². The summed E-state index contributed by atoms with van der Waals surface area (Å²) in [6.45, 7) is 0.364. The van der Waals surface area contributed by atoms with Crippen LogP contribution in [0.4, 0.5) is 4.39 Å². The van der Waals surface area contributed by atoms with Gasteiger partial charge in [-0.2, -0.15) is 0 Å². The number of halogens is 2. The number of aromatic amines is 1. The highest BCUT2D eigenvalue weighted by atomic mass is 79.9. The minimum atomic E-state index is -0.536. The fraction of sp³-hybridized carbons (Fsp3) is 0.0833. The minimum absolute atomic E-state index is 0.0306. The average molecular weight is 297 g/mol. The van der Waals surface area contributed by atoms with E-state index in [1.807, 2.05) is 6.07 Å². The number of rotatable bonds is 3. The smallest absolute Gasteiger partial charge is 0.255 e. The van der Waals surface area contributed by atoms with Gasteiger partial charge in [0, 0.05) is 23.4 Å². The van der Waals surface area contributed by atoms with Gasteiger partial charge in [-0.3, -0.25) is 4.79 Å². The van der Waals surface area contributed by atoms with Crippen LogP contribution in [0.25, 0.3) is 0 Å². The highest BCUT2D eigenvalue weighted by Gasteiger charge is 2.14. The number of aromatic nitrogens is 1. The predicted molar refractivity (Wildman–Crippen MR) is 66.1 cm³/mol. The highest BCUT2D eigenvalue weighted by Crippen LogP contribution is 2.19. The number of amides is 1. The maximum Gasteiger partial charge on any atom is 0.255 e. The van der Waals surface area contributed by atoms with Gasteiger partial charge in [-0.25, -0.2) is 4.39 Å². The van der Waals surface area contributed by atoms with Gasteiger partial charge in [-0.05, 0) is 39.7 Å². The van der Waals surface area contributed by atoms with Crippen molar-refractivity contribution >= 4 is 21.8 Å². The van der Waals surface area contributed by atoms with Gasteiger partial charge in [0.15, 0.2) is 0 Å². The third-order valence-electron chi connectivity index (χ3n) is 2.31. The Hall–Kier alpha value is -1.62. The molecule has 2 rings (SSSR count). The fourth-order valence-electron chi connectivity index (χ4n) is 1.45. The molecule has 0 fully saturated rings. The molecular formula is C12H10BrFN2O. The third-order valence-corrected chi connectivity index (χ3v) is 2.97. The first-order valence-electron chi connectivity index (χ1n) is 5.02. The van der Waals surface area contributed by atoms with Crippen LogP contribution in [-0.2, 0) is 6.54 Å². The van der Waals surface area contributed by atoms with E-state index in [2.05, 4.69) is 26.2 Å². The van der Waals surface area contributed by atoms with E-state index in [0.717, 1.165) is 5.56 Å². The molecule has 88 valence electrons. The molecule has 2 aromatic rings. The first kappa shape index (κ1) is 11.9. The molecule has 17 heavy (non-hydrogen) atoms. The standard InChI is InChI=1S/C12H10BrFN2O/c13-9-2-1-3-10(14)11(9)12(17)16-7-8-4-5-15-6-8/h1-6,15H,7H2,(H,16,17). The Labute approximate surface area is 106 Å². The van der Waals surface area contributed by atoms with Crippen molar-refractivity contribution < 1.29 is 9.18 Å². The Morgan fingerprint density at radius 1 is 1.41 bits per heavy atom. The molecule has 3 nitrogen and oxygen atoms in total. The summed E-state index contributed by atoms with van der Waals surface area (Å²) < 4.78 is 13.9. The number of hydrogen-bond donors (Lipinski definition) is 2. The van der Waals surface area contributed by atoms with Crippen LogP contribution in [0.1, 0.15) is 15.9 Å². The molecule has 5 heteroatoms. The van der Waals surface area contributed by atoms with Gasteiger partial charge >= 0.3 is 0 Å². The molecule has 0 aliphatic heterocycles. The lowest BCUT2D eigenvalue weighted by Crippen LogP contribution is -2.24. The van der Waals surface area contributed by atoms with Crippen molar-refractivity contribution in [2.45, 2.75) is 6.54 Å². The molecule has 0 spiro atoms. The molecule has 0 saturated heterocycles. The highest BCUT2D eigenvalue weighted by molar-refractivity contribution is 9.10. The number of hydrogen-bond acceptors (Lipinski definition) is 1. The summed E-state index contributed by atoms with van der Waals surface area (Å²) in [6, 6.07) is 6.28. The van der Waals surface area contributed by atoms with E-state index in [1.54, 1.807) is 24.5 Å². The number of carbonyl (C=O) groups is 1. The van der Waals surface area contributed by atoms with Crippen LogP contribution in [0.5, 0.6) is 0 Å². The Kier molecular flexibility index (Phi) is 3.58. The van der Waals surface area contributed by atoms with E-state index in [4.69, 9.17) is 0 Å². The summed E-state index contributed by atoms with van der Waals surface area (Å²) in [4.78, 5) is 14.7. The van der Waals surface area contributed by atoms with Crippen LogP contribution in [0.15, 0.2) is 41.1 Å². The van der Waals surface area contributed by atoms with Crippen LogP contribution in [-0.4, -0.2) is 10.9 Å². The lowest BCUT2D eigenvalue weighted by atomic mass is 10.2. The molecule has 0 radical (unpaired) electrons. The fourth-order valence-corrected chi connectivity index (χ4v) is 1.98. The maximum atomic E-state index is 13.5. The van der Waals surface area contributed by atoms with Crippen LogP contribution < -0.4 is 5.32 Å². The summed E-state index contributed by atoms with van der Waals surface area (Å²) in [6.07, 6.45) is 3.54. The zero-order chi connectivity index (χ0) is 12.3. The first-order chi connectivity index (χ1) is 8.18.